The molecular weight excluding hydrogens is 498 g/mol. The Morgan fingerprint density at radius 3 is 2.35 bits per heavy atom. The third-order valence-electron chi connectivity index (χ3n) is 4.86. The summed E-state index contributed by atoms with van der Waals surface area (Å²) in [6.45, 7) is 5.80. The first-order chi connectivity index (χ1) is 17.3. The number of esters is 1. The fourth-order valence-corrected chi connectivity index (χ4v) is 4.45. The maximum absolute atomic E-state index is 13.2. The molecule has 2 aromatic rings. The van der Waals surface area contributed by atoms with Crippen LogP contribution in [0, 0.1) is 12.3 Å². The smallest absolute Gasteiger partial charge is 0.306 e. The van der Waals surface area contributed by atoms with E-state index in [1.54, 1.807) is 20.8 Å². The second-order valence-electron chi connectivity index (χ2n) is 9.09. The number of hydrogen-bond acceptors (Lipinski definition) is 7. The van der Waals surface area contributed by atoms with Crippen molar-refractivity contribution in [3.8, 4) is 12.3 Å². The first-order valence-corrected chi connectivity index (χ1v) is 13.1. The molecule has 37 heavy (non-hydrogen) atoms. The highest BCUT2D eigenvalue weighted by molar-refractivity contribution is 7.90. The molecule has 0 aliphatic carbocycles. The minimum Gasteiger partial charge on any atom is -0.460 e. The average Bonchev–Trinajstić information content (AvgIpc) is 2.83. The van der Waals surface area contributed by atoms with Crippen LogP contribution in [-0.2, 0) is 19.6 Å². The number of amides is 2. The standard InChI is InChI=1S/C26H31N3O7S/c1-5-6-15-27-24(32)19-10-9-11-21(17-19)37(34,35)29-18-20(13-14-22(29)30)25(33)28-16-8-7-12-23(31)36-26(2,3)4/h1,9-11,13-14,17-18H,6-8,12,15-16H2,2-4H3,(H,27,32)(H,28,33). The van der Waals surface area contributed by atoms with E-state index in [1.165, 1.54) is 24.3 Å². The van der Waals surface area contributed by atoms with Crippen molar-refractivity contribution in [3.63, 3.8) is 0 Å². The highest BCUT2D eigenvalue weighted by atomic mass is 32.2. The van der Waals surface area contributed by atoms with Crippen molar-refractivity contribution in [1.82, 2.24) is 14.6 Å². The van der Waals surface area contributed by atoms with Crippen LogP contribution < -0.4 is 16.2 Å². The molecule has 10 nitrogen and oxygen atoms in total. The van der Waals surface area contributed by atoms with E-state index in [4.69, 9.17) is 11.2 Å². The lowest BCUT2D eigenvalue weighted by Crippen LogP contribution is -2.31. The van der Waals surface area contributed by atoms with Crippen LogP contribution >= 0.6 is 0 Å². The van der Waals surface area contributed by atoms with Gasteiger partial charge in [-0.1, -0.05) is 6.07 Å². The van der Waals surface area contributed by atoms with Crippen LogP contribution in [0.25, 0.3) is 0 Å². The van der Waals surface area contributed by atoms with Crippen molar-refractivity contribution in [2.75, 3.05) is 13.1 Å². The summed E-state index contributed by atoms with van der Waals surface area (Å²) in [4.78, 5) is 48.6. The van der Waals surface area contributed by atoms with Gasteiger partial charge in [0.2, 0.25) is 0 Å². The first kappa shape index (κ1) is 29.3. The Kier molecular flexibility index (Phi) is 10.2. The van der Waals surface area contributed by atoms with Gasteiger partial charge >= 0.3 is 5.97 Å². The van der Waals surface area contributed by atoms with Gasteiger partial charge < -0.3 is 15.4 Å². The number of aromatic nitrogens is 1. The van der Waals surface area contributed by atoms with Gasteiger partial charge in [0, 0.05) is 43.8 Å². The van der Waals surface area contributed by atoms with Crippen molar-refractivity contribution in [1.29, 1.82) is 0 Å². The number of rotatable bonds is 11. The fraction of sp³-hybridized carbons (Fsp3) is 0.385. The third kappa shape index (κ3) is 8.91. The number of ether oxygens (including phenoxy) is 1. The molecule has 2 rings (SSSR count). The van der Waals surface area contributed by atoms with Crippen molar-refractivity contribution in [2.45, 2.75) is 57.0 Å². The van der Waals surface area contributed by atoms with Crippen molar-refractivity contribution >= 4 is 27.8 Å². The summed E-state index contributed by atoms with van der Waals surface area (Å²) in [5, 5.41) is 5.21. The SMILES string of the molecule is C#CCCNC(=O)c1cccc(S(=O)(=O)n2cc(C(=O)NCCCCC(=O)OC(C)(C)C)ccc2=O)c1. The quantitative estimate of drug-likeness (QED) is 0.258. The summed E-state index contributed by atoms with van der Waals surface area (Å²) >= 11 is 0. The van der Waals surface area contributed by atoms with E-state index in [1.807, 2.05) is 0 Å². The van der Waals surface area contributed by atoms with Crippen LogP contribution in [0.4, 0.5) is 0 Å². The van der Waals surface area contributed by atoms with Gasteiger partial charge in [0.1, 0.15) is 5.60 Å². The second-order valence-corrected chi connectivity index (χ2v) is 10.9. The van der Waals surface area contributed by atoms with Crippen LogP contribution in [0.15, 0.2) is 52.3 Å². The molecule has 0 saturated heterocycles. The van der Waals surface area contributed by atoms with Gasteiger partial charge in [-0.15, -0.1) is 12.3 Å². The molecule has 0 aliphatic rings. The molecular formula is C26H31N3O7S. The van der Waals surface area contributed by atoms with Gasteiger partial charge in [0.05, 0.1) is 10.5 Å². The highest BCUT2D eigenvalue weighted by Crippen LogP contribution is 2.15. The minimum atomic E-state index is -4.40. The number of unbranched alkanes of at least 4 members (excludes halogenated alkanes) is 1. The molecule has 1 aromatic carbocycles. The fourth-order valence-electron chi connectivity index (χ4n) is 3.14. The molecule has 11 heteroatoms. The molecule has 1 heterocycles. The van der Waals surface area contributed by atoms with E-state index >= 15 is 0 Å². The van der Waals surface area contributed by atoms with Crippen LogP contribution in [0.1, 0.15) is 67.2 Å². The highest BCUT2D eigenvalue weighted by Gasteiger charge is 2.21. The lowest BCUT2D eigenvalue weighted by molar-refractivity contribution is -0.154. The number of pyridine rings is 1. The van der Waals surface area contributed by atoms with Gasteiger partial charge in [-0.3, -0.25) is 19.2 Å². The zero-order chi connectivity index (χ0) is 27.6. The number of carbonyl (C=O) groups is 3. The summed E-state index contributed by atoms with van der Waals surface area (Å²) in [6.07, 6.45) is 7.61. The number of carbonyl (C=O) groups excluding carboxylic acids is 3. The van der Waals surface area contributed by atoms with E-state index in [0.29, 0.717) is 23.2 Å². The summed E-state index contributed by atoms with van der Waals surface area (Å²) in [5.41, 5.74) is -1.40. The van der Waals surface area contributed by atoms with Crippen LogP contribution in [0.2, 0.25) is 0 Å². The number of hydrogen-bond donors (Lipinski definition) is 2. The zero-order valence-electron chi connectivity index (χ0n) is 21.1. The van der Waals surface area contributed by atoms with Gasteiger partial charge in [-0.2, -0.15) is 0 Å². The van der Waals surface area contributed by atoms with Crippen LogP contribution in [-0.4, -0.2) is 48.9 Å². The maximum atomic E-state index is 13.2. The normalized spacial score (nSPS) is 11.3. The Bertz CT molecular complexity index is 1350. The molecule has 0 aliphatic heterocycles. The number of terminal acetylenes is 1. The molecule has 2 amide bonds. The topological polar surface area (TPSA) is 141 Å². The summed E-state index contributed by atoms with van der Waals surface area (Å²) in [7, 11) is -4.40. The molecule has 0 bridgehead atoms. The predicted octanol–water partition coefficient (Wildman–Crippen LogP) is 2.08. The summed E-state index contributed by atoms with van der Waals surface area (Å²) in [6, 6.07) is 7.40. The van der Waals surface area contributed by atoms with Crippen molar-refractivity contribution in [3.05, 3.63) is 64.1 Å². The van der Waals surface area contributed by atoms with E-state index in [2.05, 4.69) is 16.6 Å². The second kappa shape index (κ2) is 12.9. The van der Waals surface area contributed by atoms with Crippen LogP contribution in [0.5, 0.6) is 0 Å². The summed E-state index contributed by atoms with van der Waals surface area (Å²) in [5.74, 6) is 0.959. The maximum Gasteiger partial charge on any atom is 0.306 e. The monoisotopic (exact) mass is 529 g/mol. The van der Waals surface area contributed by atoms with Crippen molar-refractivity contribution < 1.29 is 27.5 Å². The first-order valence-electron chi connectivity index (χ1n) is 11.7. The molecule has 0 atom stereocenters. The Balaban J connectivity index is 2.09. The molecule has 2 N–H and O–H groups in total. The number of benzene rings is 1. The molecule has 198 valence electrons. The number of nitrogens with one attached hydrogen (secondary N) is 2. The number of nitrogens with zero attached hydrogens (tertiary/aromatic N) is 1. The third-order valence-corrected chi connectivity index (χ3v) is 6.52. The lowest BCUT2D eigenvalue weighted by atomic mass is 10.2. The predicted molar refractivity (Wildman–Crippen MR) is 138 cm³/mol. The van der Waals surface area contributed by atoms with E-state index in [9.17, 15) is 27.6 Å². The zero-order valence-corrected chi connectivity index (χ0v) is 21.9. The van der Waals surface area contributed by atoms with Gasteiger partial charge in [0.15, 0.2) is 0 Å². The Morgan fingerprint density at radius 2 is 1.68 bits per heavy atom. The van der Waals surface area contributed by atoms with Crippen molar-refractivity contribution in [2.24, 2.45) is 0 Å². The van der Waals surface area contributed by atoms with E-state index in [-0.39, 0.29) is 41.5 Å². The van der Waals surface area contributed by atoms with E-state index in [0.717, 1.165) is 18.3 Å². The Hall–Kier alpha value is -3.91. The van der Waals surface area contributed by atoms with Gasteiger partial charge in [-0.05, 0) is 57.9 Å². The molecule has 0 fully saturated rings. The van der Waals surface area contributed by atoms with E-state index < -0.39 is 33.0 Å². The summed E-state index contributed by atoms with van der Waals surface area (Å²) < 4.78 is 32.0. The lowest BCUT2D eigenvalue weighted by Gasteiger charge is -2.19. The molecule has 0 saturated carbocycles. The molecule has 0 radical (unpaired) electrons. The molecule has 0 spiro atoms. The van der Waals surface area contributed by atoms with Crippen LogP contribution in [0.3, 0.4) is 0 Å². The minimum absolute atomic E-state index is 0.0431. The van der Waals surface area contributed by atoms with Gasteiger partial charge in [0.25, 0.3) is 27.4 Å². The average molecular weight is 530 g/mol. The van der Waals surface area contributed by atoms with Gasteiger partial charge in [-0.25, -0.2) is 12.4 Å². The molecule has 0 unspecified atom stereocenters. The Morgan fingerprint density at radius 1 is 1.00 bits per heavy atom. The molecule has 1 aromatic heterocycles. The largest absolute Gasteiger partial charge is 0.460 e. The Labute approximate surface area is 216 Å².